The van der Waals surface area contributed by atoms with Crippen LogP contribution in [0, 0.1) is 13.8 Å². The van der Waals surface area contributed by atoms with Crippen molar-refractivity contribution in [2.45, 2.75) is 33.4 Å². The maximum absolute atomic E-state index is 13.6. The normalized spacial score (nSPS) is 13.1. The quantitative estimate of drug-likeness (QED) is 0.240. The van der Waals surface area contributed by atoms with Crippen LogP contribution >= 0.6 is 21.6 Å². The second-order valence-electron chi connectivity index (χ2n) is 7.63. The Bertz CT molecular complexity index is 1330. The minimum atomic E-state index is -5.93. The molecule has 9 heteroatoms. The highest BCUT2D eigenvalue weighted by molar-refractivity contribution is 8.34. The molecule has 0 N–H and O–H groups in total. The van der Waals surface area contributed by atoms with Crippen molar-refractivity contribution < 1.29 is 25.2 Å². The minimum Gasteiger partial charge on any atom is -0.199 e. The molecule has 1 heterocycles. The van der Waals surface area contributed by atoms with E-state index in [2.05, 4.69) is 0 Å². The highest BCUT2D eigenvalue weighted by Crippen LogP contribution is 2.72. The zero-order valence-electron chi connectivity index (χ0n) is 18.2. The van der Waals surface area contributed by atoms with Gasteiger partial charge in [0, 0.05) is 14.7 Å². The third-order valence-electron chi connectivity index (χ3n) is 5.10. The average molecular weight is 523 g/mol. The molecule has 0 aliphatic carbocycles. The first-order valence-electron chi connectivity index (χ1n) is 10.2. The molecule has 0 aliphatic rings. The molecule has 178 valence electrons. The van der Waals surface area contributed by atoms with Gasteiger partial charge in [0.05, 0.1) is 4.21 Å². The number of aryl methyl sites for hydroxylation is 2. The lowest BCUT2D eigenvalue weighted by molar-refractivity contribution is -0.0496. The second-order valence-corrected chi connectivity index (χ2v) is 13.4. The molecule has 3 aromatic carbocycles. The smallest absolute Gasteiger partial charge is 0.199 e. The van der Waals surface area contributed by atoms with E-state index in [1.807, 2.05) is 44.2 Å². The van der Waals surface area contributed by atoms with Crippen molar-refractivity contribution >= 4 is 31.8 Å². The van der Waals surface area contributed by atoms with Crippen LogP contribution in [0.1, 0.15) is 11.1 Å². The second kappa shape index (κ2) is 9.22. The predicted octanol–water partition coefficient (Wildman–Crippen LogP) is 8.09. The number of halogens is 3. The van der Waals surface area contributed by atoms with Crippen molar-refractivity contribution in [2.24, 2.45) is 0 Å². The van der Waals surface area contributed by atoms with E-state index in [0.29, 0.717) is 14.0 Å². The molecule has 0 atom stereocenters. The van der Waals surface area contributed by atoms with E-state index in [9.17, 15) is 21.6 Å². The zero-order valence-corrected chi connectivity index (χ0v) is 20.7. The summed E-state index contributed by atoms with van der Waals surface area (Å²) in [6, 6.07) is 26.3. The molecular formula is C25H21F3O3S3. The number of hydrogen-bond donors (Lipinski definition) is 0. The monoisotopic (exact) mass is 522 g/mol. The van der Waals surface area contributed by atoms with Gasteiger partial charge in [-0.2, -0.15) is 25.2 Å². The number of hydrogen-bond acceptors (Lipinski definition) is 4. The van der Waals surface area contributed by atoms with Crippen LogP contribution in [-0.2, 0) is 13.7 Å². The Balaban J connectivity index is 2.03. The van der Waals surface area contributed by atoms with Gasteiger partial charge in [-0.25, -0.2) is 0 Å². The number of benzene rings is 3. The lowest BCUT2D eigenvalue weighted by Crippen LogP contribution is -2.27. The molecule has 34 heavy (non-hydrogen) atoms. The van der Waals surface area contributed by atoms with Crippen LogP contribution in [0.5, 0.6) is 0 Å². The molecule has 4 rings (SSSR count). The summed E-state index contributed by atoms with van der Waals surface area (Å²) in [4.78, 5) is 1.51. The minimum absolute atomic E-state index is 0.358. The van der Waals surface area contributed by atoms with E-state index < -0.39 is 25.9 Å². The molecule has 0 fully saturated rings. The Labute approximate surface area is 202 Å². The summed E-state index contributed by atoms with van der Waals surface area (Å²) in [5, 5.41) is 0. The lowest BCUT2D eigenvalue weighted by atomic mass is 10.2. The topological polar surface area (TPSA) is 43.4 Å². The lowest BCUT2D eigenvalue weighted by Gasteiger charge is -2.38. The molecular weight excluding hydrogens is 501 g/mol. The van der Waals surface area contributed by atoms with Crippen LogP contribution in [0.4, 0.5) is 13.2 Å². The molecule has 0 spiro atoms. The van der Waals surface area contributed by atoms with E-state index in [1.54, 1.807) is 60.7 Å². The van der Waals surface area contributed by atoms with Crippen molar-refractivity contribution in [3.05, 3.63) is 102 Å². The van der Waals surface area contributed by atoms with Gasteiger partial charge in [0.1, 0.15) is 0 Å². The fourth-order valence-corrected chi connectivity index (χ4v) is 9.97. The summed E-state index contributed by atoms with van der Waals surface area (Å²) in [5.74, 6) is 0. The molecule has 0 aliphatic heterocycles. The molecule has 0 radical (unpaired) electrons. The Morgan fingerprint density at radius 2 is 1.21 bits per heavy atom. The highest BCUT2D eigenvalue weighted by Gasteiger charge is 2.52. The van der Waals surface area contributed by atoms with E-state index in [1.165, 1.54) is 11.3 Å². The van der Waals surface area contributed by atoms with Crippen LogP contribution in [0.15, 0.2) is 105 Å². The van der Waals surface area contributed by atoms with Gasteiger partial charge in [-0.05, 0) is 66.1 Å². The third kappa shape index (κ3) is 4.65. The molecule has 0 unspecified atom stereocenters. The van der Waals surface area contributed by atoms with Crippen molar-refractivity contribution in [3.63, 3.8) is 0 Å². The third-order valence-corrected chi connectivity index (χ3v) is 11.7. The summed E-state index contributed by atoms with van der Waals surface area (Å²) in [7, 11) is -9.22. The van der Waals surface area contributed by atoms with Crippen LogP contribution < -0.4 is 0 Å². The van der Waals surface area contributed by atoms with Crippen molar-refractivity contribution in [3.8, 4) is 10.4 Å². The van der Waals surface area contributed by atoms with Crippen molar-refractivity contribution in [1.82, 2.24) is 0 Å². The summed E-state index contributed by atoms with van der Waals surface area (Å²) in [5.41, 5.74) is -2.93. The molecule has 0 saturated carbocycles. The van der Waals surface area contributed by atoms with E-state index >= 15 is 0 Å². The SMILES string of the molecule is Cc1ccc(S(OS(=O)(=O)C(F)(F)F)(c2ccc(C)cc2)c2ccc(-c3ccccc3)s2)cc1. The number of alkyl halides is 3. The van der Waals surface area contributed by atoms with Crippen LogP contribution in [0.25, 0.3) is 10.4 Å². The largest absolute Gasteiger partial charge is 0.524 e. The van der Waals surface area contributed by atoms with Gasteiger partial charge in [0.2, 0.25) is 0 Å². The van der Waals surface area contributed by atoms with E-state index in [0.717, 1.165) is 21.6 Å². The maximum atomic E-state index is 13.6. The molecule has 0 amide bonds. The Hall–Kier alpha value is -2.59. The first-order valence-corrected chi connectivity index (χ1v) is 14.0. The Morgan fingerprint density at radius 1 is 0.706 bits per heavy atom. The zero-order chi connectivity index (χ0) is 24.6. The summed E-state index contributed by atoms with van der Waals surface area (Å²) in [6.07, 6.45) is 0. The van der Waals surface area contributed by atoms with E-state index in [-0.39, 0.29) is 0 Å². The fraction of sp³-hybridized carbons (Fsp3) is 0.120. The maximum Gasteiger partial charge on any atom is 0.524 e. The van der Waals surface area contributed by atoms with Crippen LogP contribution in [0.2, 0.25) is 0 Å². The molecule has 4 aromatic rings. The molecule has 0 bridgehead atoms. The van der Waals surface area contributed by atoms with Gasteiger partial charge in [-0.3, -0.25) is 0 Å². The number of rotatable bonds is 6. The highest BCUT2D eigenvalue weighted by atomic mass is 32.3. The Morgan fingerprint density at radius 3 is 1.68 bits per heavy atom. The predicted molar refractivity (Wildman–Crippen MR) is 131 cm³/mol. The van der Waals surface area contributed by atoms with Gasteiger partial charge in [-0.15, -0.1) is 11.3 Å². The Kier molecular flexibility index (Phi) is 6.65. The van der Waals surface area contributed by atoms with Gasteiger partial charge in [0.25, 0.3) is 0 Å². The van der Waals surface area contributed by atoms with Crippen LogP contribution in [0.3, 0.4) is 0 Å². The van der Waals surface area contributed by atoms with Gasteiger partial charge in [0.15, 0.2) is 0 Å². The first-order chi connectivity index (χ1) is 16.0. The summed E-state index contributed by atoms with van der Waals surface area (Å²) >= 11 is 1.22. The van der Waals surface area contributed by atoms with E-state index in [4.69, 9.17) is 3.63 Å². The number of thiophene rings is 1. The van der Waals surface area contributed by atoms with Gasteiger partial charge < -0.3 is 0 Å². The standard InChI is InChI=1S/C25H21F3O3S3/c1-18-8-12-21(13-9-18)33(22-14-10-19(2)11-15-22,31-34(29,30)25(26,27)28)24-17-16-23(32-24)20-6-4-3-5-7-20/h3-17H,1-2H3. The van der Waals surface area contributed by atoms with Gasteiger partial charge in [-0.1, -0.05) is 65.7 Å². The first kappa shape index (κ1) is 24.5. The van der Waals surface area contributed by atoms with Crippen LogP contribution in [-0.4, -0.2) is 13.9 Å². The summed E-state index contributed by atoms with van der Waals surface area (Å²) in [6.45, 7) is 3.69. The van der Waals surface area contributed by atoms with Crippen molar-refractivity contribution in [2.75, 3.05) is 0 Å². The summed E-state index contributed by atoms with van der Waals surface area (Å²) < 4.78 is 71.5. The molecule has 3 nitrogen and oxygen atoms in total. The molecule has 0 saturated heterocycles. The average Bonchev–Trinajstić information content (AvgIpc) is 3.29. The van der Waals surface area contributed by atoms with Crippen molar-refractivity contribution in [1.29, 1.82) is 0 Å². The van der Waals surface area contributed by atoms with Gasteiger partial charge >= 0.3 is 15.6 Å². The fourth-order valence-electron chi connectivity index (χ4n) is 3.35. The molecule has 1 aromatic heterocycles.